The van der Waals surface area contributed by atoms with Gasteiger partial charge in [0.1, 0.15) is 0 Å². The number of nitrogens with zero attached hydrogens (tertiary/aromatic N) is 1. The van der Waals surface area contributed by atoms with Crippen LogP contribution in [0.5, 0.6) is 0 Å². The number of hydrogen-bond donors (Lipinski definition) is 1. The SMILES string of the molecule is O=C(NC1C=CS(=O)(=O)C1)c1ccncc1Cl. The lowest BCUT2D eigenvalue weighted by molar-refractivity contribution is 0.0947. The van der Waals surface area contributed by atoms with Crippen LogP contribution in [-0.2, 0) is 9.84 Å². The predicted octanol–water partition coefficient (Wildman–Crippen LogP) is 0.775. The summed E-state index contributed by atoms with van der Waals surface area (Å²) in [4.78, 5) is 15.5. The highest BCUT2D eigenvalue weighted by atomic mass is 35.5. The molecule has 0 aliphatic carbocycles. The monoisotopic (exact) mass is 272 g/mol. The maximum Gasteiger partial charge on any atom is 0.253 e. The summed E-state index contributed by atoms with van der Waals surface area (Å²) in [6.45, 7) is 0. The first-order valence-corrected chi connectivity index (χ1v) is 6.88. The maximum absolute atomic E-state index is 11.8. The highest BCUT2D eigenvalue weighted by Crippen LogP contribution is 2.14. The van der Waals surface area contributed by atoms with E-state index in [-0.39, 0.29) is 16.3 Å². The number of nitrogens with one attached hydrogen (secondary N) is 1. The van der Waals surface area contributed by atoms with E-state index in [1.807, 2.05) is 0 Å². The van der Waals surface area contributed by atoms with E-state index in [2.05, 4.69) is 10.3 Å². The van der Waals surface area contributed by atoms with Crippen LogP contribution in [0.4, 0.5) is 0 Å². The van der Waals surface area contributed by atoms with Gasteiger partial charge in [0.05, 0.1) is 22.4 Å². The van der Waals surface area contributed by atoms with Gasteiger partial charge in [-0.1, -0.05) is 11.6 Å². The van der Waals surface area contributed by atoms with Gasteiger partial charge in [0.25, 0.3) is 5.91 Å². The molecule has 0 saturated heterocycles. The summed E-state index contributed by atoms with van der Waals surface area (Å²) in [5, 5.41) is 3.91. The fourth-order valence-corrected chi connectivity index (χ4v) is 2.91. The van der Waals surface area contributed by atoms with Crippen molar-refractivity contribution in [2.45, 2.75) is 6.04 Å². The molecule has 17 heavy (non-hydrogen) atoms. The van der Waals surface area contributed by atoms with E-state index in [1.165, 1.54) is 24.5 Å². The van der Waals surface area contributed by atoms with Crippen LogP contribution in [0, 0.1) is 0 Å². The molecule has 1 aromatic rings. The van der Waals surface area contributed by atoms with Crippen LogP contribution in [-0.4, -0.2) is 31.1 Å². The number of carbonyl (C=O) groups excluding carboxylic acids is 1. The van der Waals surface area contributed by atoms with Crippen LogP contribution in [0.15, 0.2) is 29.9 Å². The predicted molar refractivity (Wildman–Crippen MR) is 63.4 cm³/mol. The summed E-state index contributed by atoms with van der Waals surface area (Å²) in [5.41, 5.74) is 0.277. The summed E-state index contributed by atoms with van der Waals surface area (Å²) in [6, 6.07) is 0.974. The van der Waals surface area contributed by atoms with E-state index in [0.29, 0.717) is 0 Å². The third-order valence-electron chi connectivity index (χ3n) is 2.26. The van der Waals surface area contributed by atoms with E-state index in [1.54, 1.807) is 0 Å². The number of sulfone groups is 1. The molecule has 1 amide bonds. The summed E-state index contributed by atoms with van der Waals surface area (Å²) in [7, 11) is -3.17. The lowest BCUT2D eigenvalue weighted by atomic mass is 10.2. The van der Waals surface area contributed by atoms with Crippen molar-refractivity contribution in [3.63, 3.8) is 0 Å². The van der Waals surface area contributed by atoms with Gasteiger partial charge in [-0.25, -0.2) is 8.42 Å². The number of aromatic nitrogens is 1. The van der Waals surface area contributed by atoms with Crippen molar-refractivity contribution < 1.29 is 13.2 Å². The largest absolute Gasteiger partial charge is 0.345 e. The summed E-state index contributed by atoms with van der Waals surface area (Å²) in [5.74, 6) is -0.523. The standard InChI is InChI=1S/C10H9ClN2O3S/c11-9-5-12-3-1-8(9)10(14)13-7-2-4-17(15,16)6-7/h1-5,7H,6H2,(H,13,14). The van der Waals surface area contributed by atoms with Crippen molar-refractivity contribution in [2.75, 3.05) is 5.75 Å². The van der Waals surface area contributed by atoms with Crippen molar-refractivity contribution in [1.29, 1.82) is 0 Å². The van der Waals surface area contributed by atoms with Crippen LogP contribution in [0.3, 0.4) is 0 Å². The second-order valence-electron chi connectivity index (χ2n) is 3.59. The van der Waals surface area contributed by atoms with Crippen molar-refractivity contribution in [3.05, 3.63) is 40.5 Å². The van der Waals surface area contributed by atoms with Crippen molar-refractivity contribution in [1.82, 2.24) is 10.3 Å². The molecule has 1 aliphatic heterocycles. The number of pyridine rings is 1. The second kappa shape index (κ2) is 4.46. The molecule has 0 spiro atoms. The quantitative estimate of drug-likeness (QED) is 0.863. The topological polar surface area (TPSA) is 76.1 Å². The maximum atomic E-state index is 11.8. The van der Waals surface area contributed by atoms with E-state index in [4.69, 9.17) is 11.6 Å². The molecule has 0 radical (unpaired) electrons. The summed E-state index contributed by atoms with van der Waals surface area (Å²) < 4.78 is 22.3. The Morgan fingerprint density at radius 2 is 2.29 bits per heavy atom. The fraction of sp³-hybridized carbons (Fsp3) is 0.200. The van der Waals surface area contributed by atoms with Gasteiger partial charge in [-0.15, -0.1) is 0 Å². The molecule has 5 nitrogen and oxygen atoms in total. The zero-order valence-corrected chi connectivity index (χ0v) is 10.2. The molecule has 2 heterocycles. The summed E-state index contributed by atoms with van der Waals surface area (Å²) >= 11 is 5.80. The second-order valence-corrected chi connectivity index (χ2v) is 5.93. The number of rotatable bonds is 2. The Hall–Kier alpha value is -1.40. The molecule has 1 aliphatic rings. The first-order chi connectivity index (χ1) is 7.98. The Kier molecular flexibility index (Phi) is 3.17. The molecule has 0 fully saturated rings. The first-order valence-electron chi connectivity index (χ1n) is 4.79. The first kappa shape index (κ1) is 12.1. The Morgan fingerprint density at radius 3 is 2.88 bits per heavy atom. The molecule has 90 valence electrons. The molecule has 0 saturated carbocycles. The van der Waals surface area contributed by atoms with E-state index >= 15 is 0 Å². The average Bonchev–Trinajstić information content (AvgIpc) is 2.58. The molecular weight excluding hydrogens is 264 g/mol. The average molecular weight is 273 g/mol. The van der Waals surface area contributed by atoms with Crippen LogP contribution in [0.2, 0.25) is 5.02 Å². The normalized spacial score (nSPS) is 21.4. The molecule has 1 unspecified atom stereocenters. The summed E-state index contributed by atoms with van der Waals surface area (Å²) in [6.07, 6.45) is 4.25. The van der Waals surface area contributed by atoms with Gasteiger partial charge in [0, 0.05) is 17.8 Å². The fourth-order valence-electron chi connectivity index (χ4n) is 1.47. The number of amides is 1. The molecule has 1 atom stereocenters. The molecule has 1 N–H and O–H groups in total. The van der Waals surface area contributed by atoms with Crippen LogP contribution >= 0.6 is 11.6 Å². The Morgan fingerprint density at radius 1 is 1.53 bits per heavy atom. The lowest BCUT2D eigenvalue weighted by Crippen LogP contribution is -2.35. The van der Waals surface area contributed by atoms with E-state index in [9.17, 15) is 13.2 Å². The number of halogens is 1. The molecule has 0 bridgehead atoms. The van der Waals surface area contributed by atoms with Crippen molar-refractivity contribution in [2.24, 2.45) is 0 Å². The smallest absolute Gasteiger partial charge is 0.253 e. The molecule has 0 aromatic carbocycles. The van der Waals surface area contributed by atoms with Gasteiger partial charge in [-0.2, -0.15) is 0 Å². The minimum Gasteiger partial charge on any atom is -0.345 e. The Bertz CT molecular complexity index is 583. The minimum atomic E-state index is -3.17. The van der Waals surface area contributed by atoms with E-state index < -0.39 is 21.8 Å². The zero-order valence-electron chi connectivity index (χ0n) is 8.63. The molecule has 1 aromatic heterocycles. The highest BCUT2D eigenvalue weighted by molar-refractivity contribution is 7.94. The lowest BCUT2D eigenvalue weighted by Gasteiger charge is -2.10. The Labute approximate surface area is 103 Å². The van der Waals surface area contributed by atoms with Crippen molar-refractivity contribution in [3.8, 4) is 0 Å². The minimum absolute atomic E-state index is 0.110. The number of carbonyl (C=O) groups is 1. The third kappa shape index (κ3) is 2.83. The molecular formula is C10H9ClN2O3S. The third-order valence-corrected chi connectivity index (χ3v) is 3.96. The number of hydrogen-bond acceptors (Lipinski definition) is 4. The van der Waals surface area contributed by atoms with Gasteiger partial charge in [0.2, 0.25) is 0 Å². The van der Waals surface area contributed by atoms with E-state index in [0.717, 1.165) is 5.41 Å². The van der Waals surface area contributed by atoms with Crippen LogP contribution < -0.4 is 5.32 Å². The van der Waals surface area contributed by atoms with Crippen LogP contribution in [0.25, 0.3) is 0 Å². The van der Waals surface area contributed by atoms with Gasteiger partial charge in [-0.3, -0.25) is 9.78 Å². The molecule has 7 heteroatoms. The van der Waals surface area contributed by atoms with Gasteiger partial charge < -0.3 is 5.32 Å². The van der Waals surface area contributed by atoms with Gasteiger partial charge in [-0.05, 0) is 12.1 Å². The van der Waals surface area contributed by atoms with Crippen molar-refractivity contribution >= 4 is 27.3 Å². The highest BCUT2D eigenvalue weighted by Gasteiger charge is 2.23. The van der Waals surface area contributed by atoms with Crippen LogP contribution in [0.1, 0.15) is 10.4 Å². The van der Waals surface area contributed by atoms with Gasteiger partial charge in [0.15, 0.2) is 9.84 Å². The molecule has 2 rings (SSSR count). The van der Waals surface area contributed by atoms with Gasteiger partial charge >= 0.3 is 0 Å². The Balaban J connectivity index is 2.09. The zero-order chi connectivity index (χ0) is 12.5.